The second kappa shape index (κ2) is 10.1. The van der Waals surface area contributed by atoms with E-state index in [2.05, 4.69) is 4.90 Å². The lowest BCUT2D eigenvalue weighted by Crippen LogP contribution is -2.58. The fourth-order valence-corrected chi connectivity index (χ4v) is 6.85. The molecule has 1 aromatic carbocycles. The number of hydrogen-bond acceptors (Lipinski definition) is 5. The van der Waals surface area contributed by atoms with E-state index >= 15 is 0 Å². The maximum Gasteiger partial charge on any atom is 0.243 e. The molecular weight excluding hydrogens is 440 g/mol. The number of carbonyl (C=O) groups excluding carboxylic acids is 2. The molecule has 0 saturated carbocycles. The number of rotatable bonds is 5. The number of piperazine rings is 1. The summed E-state index contributed by atoms with van der Waals surface area (Å²) in [6, 6.07) is 5.96. The zero-order valence-corrected chi connectivity index (χ0v) is 20.6. The van der Waals surface area contributed by atoms with Crippen molar-refractivity contribution >= 4 is 21.8 Å². The topological polar surface area (TPSA) is 81.2 Å². The quantitative estimate of drug-likeness (QED) is 0.646. The molecule has 2 atom stereocenters. The summed E-state index contributed by atoms with van der Waals surface area (Å²) in [6.45, 7) is 8.22. The Hall–Kier alpha value is -1.97. The monoisotopic (exact) mass is 476 g/mol. The number of likely N-dealkylation sites (tertiary alicyclic amines) is 1. The molecule has 8 nitrogen and oxygen atoms in total. The van der Waals surface area contributed by atoms with Crippen LogP contribution in [-0.4, -0.2) is 97.1 Å². The lowest BCUT2D eigenvalue weighted by molar-refractivity contribution is -0.140. The highest BCUT2D eigenvalue weighted by Crippen LogP contribution is 2.28. The molecule has 0 N–H and O–H groups in total. The first-order valence-electron chi connectivity index (χ1n) is 12.2. The predicted octanol–water partition coefficient (Wildman–Crippen LogP) is 1.69. The summed E-state index contributed by atoms with van der Waals surface area (Å²) < 4.78 is 27.8. The van der Waals surface area contributed by atoms with E-state index in [1.54, 1.807) is 29.2 Å². The van der Waals surface area contributed by atoms with Crippen molar-refractivity contribution in [2.24, 2.45) is 0 Å². The summed E-state index contributed by atoms with van der Waals surface area (Å²) in [5.74, 6) is 0.0680. The Kier molecular flexibility index (Phi) is 7.40. The number of piperidine rings is 1. The Labute approximate surface area is 197 Å². The van der Waals surface area contributed by atoms with E-state index in [-0.39, 0.29) is 22.8 Å². The van der Waals surface area contributed by atoms with Crippen molar-refractivity contribution in [1.29, 1.82) is 0 Å². The van der Waals surface area contributed by atoms with Gasteiger partial charge in [0.2, 0.25) is 21.8 Å². The molecule has 0 aromatic heterocycles. The average molecular weight is 477 g/mol. The van der Waals surface area contributed by atoms with Gasteiger partial charge in [-0.25, -0.2) is 8.42 Å². The summed E-state index contributed by atoms with van der Waals surface area (Å²) >= 11 is 0. The van der Waals surface area contributed by atoms with Gasteiger partial charge in [-0.15, -0.1) is 0 Å². The second-order valence-electron chi connectivity index (χ2n) is 9.51. The van der Waals surface area contributed by atoms with Crippen LogP contribution in [0, 0.1) is 6.92 Å². The highest BCUT2D eigenvalue weighted by atomic mass is 32.2. The molecule has 3 fully saturated rings. The Morgan fingerprint density at radius 3 is 2.12 bits per heavy atom. The first kappa shape index (κ1) is 24.2. The molecule has 182 valence electrons. The minimum absolute atomic E-state index is 0.113. The van der Waals surface area contributed by atoms with Crippen LogP contribution in [0.5, 0.6) is 0 Å². The Bertz CT molecular complexity index is 951. The highest BCUT2D eigenvalue weighted by molar-refractivity contribution is 7.89. The zero-order valence-electron chi connectivity index (χ0n) is 19.8. The second-order valence-corrected chi connectivity index (χ2v) is 11.4. The van der Waals surface area contributed by atoms with Crippen LogP contribution in [0.25, 0.3) is 0 Å². The number of hydrogen-bond donors (Lipinski definition) is 0. The molecule has 33 heavy (non-hydrogen) atoms. The van der Waals surface area contributed by atoms with Crippen LogP contribution in [0.4, 0.5) is 0 Å². The maximum atomic E-state index is 13.3. The molecule has 9 heteroatoms. The standard InChI is InChI=1S/C24H36N4O4S/c1-19-8-10-21(11-9-19)33(31,32)28-14-6-7-22(28)24(30)27-17-15-25(16-18-27)20(2)23(29)26-12-4-3-5-13-26/h8-11,20,22H,3-7,12-18H2,1-2H3/t20-,22-/m0/s1. The van der Waals surface area contributed by atoms with Crippen LogP contribution in [0.15, 0.2) is 29.2 Å². The van der Waals surface area contributed by atoms with Crippen molar-refractivity contribution in [3.63, 3.8) is 0 Å². The van der Waals surface area contributed by atoms with Crippen molar-refractivity contribution < 1.29 is 18.0 Å². The fraction of sp³-hybridized carbons (Fsp3) is 0.667. The van der Waals surface area contributed by atoms with E-state index in [1.165, 1.54) is 10.7 Å². The third-order valence-corrected chi connectivity index (χ3v) is 9.24. The normalized spacial score (nSPS) is 24.1. The van der Waals surface area contributed by atoms with E-state index in [4.69, 9.17) is 0 Å². The first-order valence-corrected chi connectivity index (χ1v) is 13.6. The van der Waals surface area contributed by atoms with Gasteiger partial charge < -0.3 is 9.80 Å². The number of aryl methyl sites for hydroxylation is 1. The van der Waals surface area contributed by atoms with Gasteiger partial charge in [0.1, 0.15) is 6.04 Å². The van der Waals surface area contributed by atoms with Gasteiger partial charge in [-0.1, -0.05) is 17.7 Å². The molecule has 2 amide bonds. The molecule has 0 aliphatic carbocycles. The maximum absolute atomic E-state index is 13.3. The average Bonchev–Trinajstić information content (AvgIpc) is 3.35. The summed E-state index contributed by atoms with van der Waals surface area (Å²) in [7, 11) is -3.71. The number of amides is 2. The summed E-state index contributed by atoms with van der Waals surface area (Å²) in [5, 5.41) is 0. The van der Waals surface area contributed by atoms with Crippen LogP contribution in [0.1, 0.15) is 44.6 Å². The molecule has 1 aromatic rings. The smallest absolute Gasteiger partial charge is 0.243 e. The van der Waals surface area contributed by atoms with E-state index in [0.29, 0.717) is 45.6 Å². The summed E-state index contributed by atoms with van der Waals surface area (Å²) in [5.41, 5.74) is 0.994. The van der Waals surface area contributed by atoms with Crippen LogP contribution in [0.3, 0.4) is 0 Å². The van der Waals surface area contributed by atoms with Crippen LogP contribution in [-0.2, 0) is 19.6 Å². The van der Waals surface area contributed by atoms with Gasteiger partial charge in [-0.3, -0.25) is 14.5 Å². The minimum atomic E-state index is -3.71. The van der Waals surface area contributed by atoms with Crippen molar-refractivity contribution in [2.45, 2.75) is 62.9 Å². The zero-order chi connectivity index (χ0) is 23.6. The van der Waals surface area contributed by atoms with Crippen LogP contribution >= 0.6 is 0 Å². The van der Waals surface area contributed by atoms with Crippen molar-refractivity contribution in [3.05, 3.63) is 29.8 Å². The van der Waals surface area contributed by atoms with E-state index in [9.17, 15) is 18.0 Å². The van der Waals surface area contributed by atoms with E-state index in [1.807, 2.05) is 18.7 Å². The molecule has 0 radical (unpaired) electrons. The Morgan fingerprint density at radius 2 is 1.48 bits per heavy atom. The van der Waals surface area contributed by atoms with Gasteiger partial charge in [0.05, 0.1) is 10.9 Å². The van der Waals surface area contributed by atoms with Gasteiger partial charge in [0, 0.05) is 45.8 Å². The number of benzene rings is 1. The third-order valence-electron chi connectivity index (χ3n) is 7.32. The van der Waals surface area contributed by atoms with Crippen LogP contribution in [0.2, 0.25) is 0 Å². The summed E-state index contributed by atoms with van der Waals surface area (Å²) in [6.07, 6.45) is 4.57. The van der Waals surface area contributed by atoms with Gasteiger partial charge in [-0.2, -0.15) is 4.31 Å². The van der Waals surface area contributed by atoms with E-state index in [0.717, 1.165) is 31.5 Å². The van der Waals surface area contributed by atoms with E-state index < -0.39 is 16.1 Å². The highest BCUT2D eigenvalue weighted by Gasteiger charge is 2.42. The number of carbonyl (C=O) groups is 2. The third kappa shape index (κ3) is 5.10. The van der Waals surface area contributed by atoms with Gasteiger partial charge in [0.15, 0.2) is 0 Å². The largest absolute Gasteiger partial charge is 0.341 e. The molecule has 3 aliphatic heterocycles. The molecule has 0 unspecified atom stereocenters. The molecule has 0 spiro atoms. The van der Waals surface area contributed by atoms with Crippen molar-refractivity contribution in [2.75, 3.05) is 45.8 Å². The van der Waals surface area contributed by atoms with Crippen molar-refractivity contribution in [3.8, 4) is 0 Å². The van der Waals surface area contributed by atoms with Crippen LogP contribution < -0.4 is 0 Å². The molecule has 4 rings (SSSR count). The SMILES string of the molecule is Cc1ccc(S(=O)(=O)N2CCC[C@H]2C(=O)N2CCN([C@@H](C)C(=O)N3CCCCC3)CC2)cc1. The minimum Gasteiger partial charge on any atom is -0.341 e. The van der Waals surface area contributed by atoms with Crippen molar-refractivity contribution in [1.82, 2.24) is 19.0 Å². The number of sulfonamides is 1. The number of nitrogens with zero attached hydrogens (tertiary/aromatic N) is 4. The molecule has 3 heterocycles. The molecule has 0 bridgehead atoms. The molecule has 3 saturated heterocycles. The van der Waals surface area contributed by atoms with Gasteiger partial charge >= 0.3 is 0 Å². The first-order chi connectivity index (χ1) is 15.8. The van der Waals surface area contributed by atoms with Gasteiger partial charge in [0.25, 0.3) is 0 Å². The fourth-order valence-electron chi connectivity index (χ4n) is 5.20. The lowest BCUT2D eigenvalue weighted by Gasteiger charge is -2.40. The van der Waals surface area contributed by atoms with Gasteiger partial charge in [-0.05, 0) is 58.1 Å². The Morgan fingerprint density at radius 1 is 0.848 bits per heavy atom. The summed E-state index contributed by atoms with van der Waals surface area (Å²) in [4.78, 5) is 32.3. The predicted molar refractivity (Wildman–Crippen MR) is 126 cm³/mol. The lowest BCUT2D eigenvalue weighted by atomic mass is 10.1. The molecular formula is C24H36N4O4S. The molecule has 3 aliphatic rings. The Balaban J connectivity index is 1.36.